The molecule has 0 spiro atoms. The Labute approximate surface area is 186 Å². The van der Waals surface area contributed by atoms with Gasteiger partial charge in [-0.3, -0.25) is 13.9 Å². The highest BCUT2D eigenvalue weighted by Gasteiger charge is 2.36. The number of Topliss-reactive ketones (excluding diaryl/α,β-unsaturated/α-hetero) is 1. The van der Waals surface area contributed by atoms with Crippen molar-refractivity contribution >= 4 is 33.1 Å². The number of fused-ring (bicyclic) bond motifs is 1. The molecule has 1 N–H and O–H groups in total. The molecule has 0 fully saturated rings. The van der Waals surface area contributed by atoms with Gasteiger partial charge in [-0.1, -0.05) is 54.6 Å². The summed E-state index contributed by atoms with van der Waals surface area (Å²) >= 11 is 0. The van der Waals surface area contributed by atoms with Gasteiger partial charge in [0.15, 0.2) is 11.9 Å². The first kappa shape index (κ1) is 21.6. The maximum absolute atomic E-state index is 13.3. The number of ketones is 1. The second kappa shape index (κ2) is 8.84. The molecular weight excluding hydrogens is 428 g/mol. The van der Waals surface area contributed by atoms with E-state index < -0.39 is 22.0 Å². The van der Waals surface area contributed by atoms with E-state index in [1.807, 2.05) is 6.07 Å². The van der Waals surface area contributed by atoms with Crippen molar-refractivity contribution in [1.29, 1.82) is 0 Å². The lowest BCUT2D eigenvalue weighted by Crippen LogP contribution is -2.49. The highest BCUT2D eigenvalue weighted by Crippen LogP contribution is 2.36. The first-order valence-corrected chi connectivity index (χ1v) is 11.7. The van der Waals surface area contributed by atoms with Crippen LogP contribution in [0.3, 0.4) is 0 Å². The van der Waals surface area contributed by atoms with Crippen LogP contribution in [0.15, 0.2) is 78.9 Å². The predicted molar refractivity (Wildman–Crippen MR) is 122 cm³/mol. The lowest BCUT2D eigenvalue weighted by molar-refractivity contribution is -0.122. The van der Waals surface area contributed by atoms with Gasteiger partial charge in [-0.25, -0.2) is 8.42 Å². The fourth-order valence-corrected chi connectivity index (χ4v) is 5.09. The SMILES string of the molecule is CC(=O)c1cccc(NC(=O)[C@H]2CN(S(=O)(=O)Cc3ccccc3)c3ccccc3O2)c1. The number of sulfonamides is 1. The van der Waals surface area contributed by atoms with Crippen LogP contribution in [0, 0.1) is 0 Å². The van der Waals surface area contributed by atoms with Crippen LogP contribution in [-0.4, -0.2) is 32.8 Å². The Bertz CT molecular complexity index is 1260. The smallest absolute Gasteiger partial charge is 0.267 e. The third kappa shape index (κ3) is 4.65. The van der Waals surface area contributed by atoms with E-state index >= 15 is 0 Å². The number of para-hydroxylation sites is 2. The number of benzene rings is 3. The number of hydrogen-bond acceptors (Lipinski definition) is 5. The van der Waals surface area contributed by atoms with Gasteiger partial charge in [-0.2, -0.15) is 0 Å². The van der Waals surface area contributed by atoms with E-state index in [2.05, 4.69) is 5.32 Å². The van der Waals surface area contributed by atoms with Gasteiger partial charge in [-0.15, -0.1) is 0 Å². The quantitative estimate of drug-likeness (QED) is 0.579. The Hall–Kier alpha value is -3.65. The lowest BCUT2D eigenvalue weighted by atomic mass is 10.1. The van der Waals surface area contributed by atoms with E-state index in [1.54, 1.807) is 72.8 Å². The number of amides is 1. The van der Waals surface area contributed by atoms with E-state index in [0.29, 0.717) is 28.3 Å². The maximum Gasteiger partial charge on any atom is 0.267 e. The Balaban J connectivity index is 1.60. The van der Waals surface area contributed by atoms with E-state index in [1.165, 1.54) is 11.2 Å². The summed E-state index contributed by atoms with van der Waals surface area (Å²) in [6.45, 7) is 1.28. The Morgan fingerprint density at radius 3 is 2.47 bits per heavy atom. The lowest BCUT2D eigenvalue weighted by Gasteiger charge is -2.34. The van der Waals surface area contributed by atoms with Gasteiger partial charge in [0.25, 0.3) is 5.91 Å². The summed E-state index contributed by atoms with van der Waals surface area (Å²) in [6.07, 6.45) is -1.06. The molecule has 0 saturated heterocycles. The number of nitrogens with zero attached hydrogens (tertiary/aromatic N) is 1. The normalized spacial score (nSPS) is 15.4. The number of hydrogen-bond donors (Lipinski definition) is 1. The average molecular weight is 451 g/mol. The minimum absolute atomic E-state index is 0.123. The Morgan fingerprint density at radius 2 is 1.72 bits per heavy atom. The fourth-order valence-electron chi connectivity index (χ4n) is 3.50. The minimum atomic E-state index is -3.78. The number of ether oxygens (including phenoxy) is 1. The molecule has 1 aliphatic rings. The zero-order valence-electron chi connectivity index (χ0n) is 17.4. The average Bonchev–Trinajstić information content (AvgIpc) is 2.78. The number of anilines is 2. The summed E-state index contributed by atoms with van der Waals surface area (Å²) in [6, 6.07) is 22.2. The number of carbonyl (C=O) groups excluding carboxylic acids is 2. The van der Waals surface area contributed by atoms with Crippen LogP contribution in [0.1, 0.15) is 22.8 Å². The molecule has 164 valence electrons. The molecule has 1 atom stereocenters. The van der Waals surface area contributed by atoms with Gasteiger partial charge in [0.05, 0.1) is 18.0 Å². The van der Waals surface area contributed by atoms with E-state index in [0.717, 1.165) is 0 Å². The zero-order chi connectivity index (χ0) is 22.7. The van der Waals surface area contributed by atoms with Gasteiger partial charge >= 0.3 is 0 Å². The van der Waals surface area contributed by atoms with Crippen molar-refractivity contribution in [2.75, 3.05) is 16.2 Å². The summed E-state index contributed by atoms with van der Waals surface area (Å²) in [5.74, 6) is -0.507. The van der Waals surface area contributed by atoms with Gasteiger partial charge in [0.2, 0.25) is 10.0 Å². The molecule has 32 heavy (non-hydrogen) atoms. The molecule has 0 aromatic heterocycles. The van der Waals surface area contributed by atoms with Crippen molar-refractivity contribution in [3.63, 3.8) is 0 Å². The third-order valence-corrected chi connectivity index (χ3v) is 6.81. The first-order chi connectivity index (χ1) is 15.3. The molecule has 3 aromatic rings. The monoisotopic (exact) mass is 450 g/mol. The molecule has 3 aromatic carbocycles. The van der Waals surface area contributed by atoms with Gasteiger partial charge in [0.1, 0.15) is 5.75 Å². The molecule has 0 bridgehead atoms. The Kier molecular flexibility index (Phi) is 5.96. The van der Waals surface area contributed by atoms with Crippen molar-refractivity contribution < 1.29 is 22.7 Å². The van der Waals surface area contributed by atoms with Crippen molar-refractivity contribution in [3.05, 3.63) is 90.0 Å². The van der Waals surface area contributed by atoms with E-state index in [-0.39, 0.29) is 18.1 Å². The summed E-state index contributed by atoms with van der Waals surface area (Å²) < 4.78 is 33.6. The molecule has 7 nitrogen and oxygen atoms in total. The van der Waals surface area contributed by atoms with E-state index in [9.17, 15) is 18.0 Å². The second-order valence-electron chi connectivity index (χ2n) is 7.47. The van der Waals surface area contributed by atoms with Gasteiger partial charge in [0, 0.05) is 11.3 Å². The summed E-state index contributed by atoms with van der Waals surface area (Å²) in [5, 5.41) is 2.72. The van der Waals surface area contributed by atoms with Crippen molar-refractivity contribution in [2.45, 2.75) is 18.8 Å². The topological polar surface area (TPSA) is 92.8 Å². The zero-order valence-corrected chi connectivity index (χ0v) is 18.2. The van der Waals surface area contributed by atoms with Crippen LogP contribution in [-0.2, 0) is 20.6 Å². The minimum Gasteiger partial charge on any atom is -0.476 e. The summed E-state index contributed by atoms with van der Waals surface area (Å²) in [4.78, 5) is 24.6. The molecular formula is C24H22N2O5S. The summed E-state index contributed by atoms with van der Waals surface area (Å²) in [7, 11) is -3.78. The number of nitrogens with one attached hydrogen (secondary N) is 1. The molecule has 1 heterocycles. The number of carbonyl (C=O) groups is 2. The fraction of sp³-hybridized carbons (Fsp3) is 0.167. The standard InChI is InChI=1S/C24H22N2O5S/c1-17(27)19-10-7-11-20(14-19)25-24(28)23-15-26(21-12-5-6-13-22(21)31-23)32(29,30)16-18-8-3-2-4-9-18/h2-14,23H,15-16H2,1H3,(H,25,28)/t23-/m1/s1. The molecule has 1 aliphatic heterocycles. The molecule has 4 rings (SSSR count). The molecule has 0 unspecified atom stereocenters. The van der Waals surface area contributed by atoms with Crippen LogP contribution < -0.4 is 14.4 Å². The third-order valence-electron chi connectivity index (χ3n) is 5.09. The molecule has 1 amide bonds. The number of rotatable bonds is 6. The van der Waals surface area contributed by atoms with Gasteiger partial charge < -0.3 is 10.1 Å². The molecule has 0 aliphatic carbocycles. The molecule has 0 saturated carbocycles. The largest absolute Gasteiger partial charge is 0.476 e. The van der Waals surface area contributed by atoms with Crippen LogP contribution in [0.25, 0.3) is 0 Å². The van der Waals surface area contributed by atoms with Crippen LogP contribution in [0.2, 0.25) is 0 Å². The predicted octanol–water partition coefficient (Wildman–Crippen LogP) is 3.63. The Morgan fingerprint density at radius 1 is 1.00 bits per heavy atom. The van der Waals surface area contributed by atoms with Gasteiger partial charge in [-0.05, 0) is 36.8 Å². The highest BCUT2D eigenvalue weighted by atomic mass is 32.2. The van der Waals surface area contributed by atoms with Crippen LogP contribution in [0.5, 0.6) is 5.75 Å². The summed E-state index contributed by atoms with van der Waals surface area (Å²) in [5.41, 5.74) is 1.94. The van der Waals surface area contributed by atoms with Crippen molar-refractivity contribution in [3.8, 4) is 5.75 Å². The van der Waals surface area contributed by atoms with E-state index in [4.69, 9.17) is 4.74 Å². The molecule has 8 heteroatoms. The second-order valence-corrected chi connectivity index (χ2v) is 9.37. The van der Waals surface area contributed by atoms with Crippen molar-refractivity contribution in [1.82, 2.24) is 0 Å². The van der Waals surface area contributed by atoms with Crippen molar-refractivity contribution in [2.24, 2.45) is 0 Å². The molecule has 0 radical (unpaired) electrons. The first-order valence-electron chi connectivity index (χ1n) is 10.1. The highest BCUT2D eigenvalue weighted by molar-refractivity contribution is 7.92. The van der Waals surface area contributed by atoms with Crippen LogP contribution in [0.4, 0.5) is 11.4 Å². The van der Waals surface area contributed by atoms with Crippen LogP contribution >= 0.6 is 0 Å². The maximum atomic E-state index is 13.3.